The van der Waals surface area contributed by atoms with Crippen molar-refractivity contribution in [3.05, 3.63) is 23.8 Å². The zero-order valence-electron chi connectivity index (χ0n) is 16.2. The maximum atomic E-state index is 12.6. The van der Waals surface area contributed by atoms with E-state index in [1.807, 2.05) is 4.90 Å². The first-order valence-corrected chi connectivity index (χ1v) is 9.67. The first-order valence-electron chi connectivity index (χ1n) is 9.67. The number of nitrogens with zero attached hydrogens (tertiary/aromatic N) is 1. The lowest BCUT2D eigenvalue weighted by Crippen LogP contribution is -2.48. The average Bonchev–Trinajstić information content (AvgIpc) is 3.19. The molecule has 2 amide bonds. The summed E-state index contributed by atoms with van der Waals surface area (Å²) < 4.78 is 15.7. The summed E-state index contributed by atoms with van der Waals surface area (Å²) in [6.07, 6.45) is 3.07. The van der Waals surface area contributed by atoms with Crippen LogP contribution in [0.25, 0.3) is 0 Å². The molecule has 1 fully saturated rings. The average molecular weight is 390 g/mol. The van der Waals surface area contributed by atoms with Crippen LogP contribution in [0.1, 0.15) is 49.9 Å². The molecule has 2 heterocycles. The molecule has 3 rings (SSSR count). The van der Waals surface area contributed by atoms with E-state index in [0.717, 1.165) is 25.7 Å². The second kappa shape index (κ2) is 8.95. The van der Waals surface area contributed by atoms with E-state index < -0.39 is 18.0 Å². The molecule has 28 heavy (non-hydrogen) atoms. The normalized spacial score (nSPS) is 19.1. The lowest BCUT2D eigenvalue weighted by Gasteiger charge is -2.36. The number of fused-ring (bicyclic) bond motifs is 1. The van der Waals surface area contributed by atoms with Crippen molar-refractivity contribution in [2.45, 2.75) is 51.7 Å². The van der Waals surface area contributed by atoms with Crippen molar-refractivity contribution in [2.24, 2.45) is 0 Å². The van der Waals surface area contributed by atoms with Crippen LogP contribution in [0.4, 0.5) is 0 Å². The van der Waals surface area contributed by atoms with Gasteiger partial charge in [0.2, 0.25) is 6.79 Å². The lowest BCUT2D eigenvalue weighted by atomic mass is 9.99. The Hall–Kier alpha value is -2.77. The number of amides is 2. The number of likely N-dealkylation sites (tertiary alicyclic amines) is 1. The van der Waals surface area contributed by atoms with Crippen LogP contribution < -0.4 is 14.8 Å². The predicted octanol–water partition coefficient (Wildman–Crippen LogP) is 1.87. The standard InChI is InChI=1S/C20H26N2O6/c1-3-15-6-4-5-9-22(15)20(25)13(2)28-18(23)11-21-19(24)14-7-8-16-17(10-14)27-12-26-16/h7-8,10,13,15H,3-6,9,11-12H2,1-2H3,(H,21,24). The topological polar surface area (TPSA) is 94.2 Å². The Morgan fingerprint density at radius 2 is 2.04 bits per heavy atom. The zero-order valence-corrected chi connectivity index (χ0v) is 16.2. The van der Waals surface area contributed by atoms with E-state index in [1.54, 1.807) is 25.1 Å². The van der Waals surface area contributed by atoms with Crippen LogP contribution in [0.5, 0.6) is 11.5 Å². The number of nitrogens with one attached hydrogen (secondary N) is 1. The van der Waals surface area contributed by atoms with Gasteiger partial charge in [0, 0.05) is 18.2 Å². The summed E-state index contributed by atoms with van der Waals surface area (Å²) in [5.41, 5.74) is 0.347. The Morgan fingerprint density at radius 3 is 2.82 bits per heavy atom. The molecule has 0 aliphatic carbocycles. The van der Waals surface area contributed by atoms with Crippen LogP contribution >= 0.6 is 0 Å². The number of esters is 1. The van der Waals surface area contributed by atoms with Gasteiger partial charge >= 0.3 is 5.97 Å². The van der Waals surface area contributed by atoms with E-state index in [0.29, 0.717) is 23.6 Å². The minimum Gasteiger partial charge on any atom is -0.454 e. The van der Waals surface area contributed by atoms with Crippen molar-refractivity contribution in [3.63, 3.8) is 0 Å². The van der Waals surface area contributed by atoms with Gasteiger partial charge in [-0.1, -0.05) is 6.92 Å². The van der Waals surface area contributed by atoms with Crippen LogP contribution in [-0.2, 0) is 14.3 Å². The highest BCUT2D eigenvalue weighted by Crippen LogP contribution is 2.32. The van der Waals surface area contributed by atoms with Gasteiger partial charge in [-0.3, -0.25) is 14.4 Å². The largest absolute Gasteiger partial charge is 0.454 e. The highest BCUT2D eigenvalue weighted by molar-refractivity contribution is 5.96. The molecule has 2 unspecified atom stereocenters. The Morgan fingerprint density at radius 1 is 1.25 bits per heavy atom. The highest BCUT2D eigenvalue weighted by Gasteiger charge is 2.30. The summed E-state index contributed by atoms with van der Waals surface area (Å²) in [6, 6.07) is 4.98. The van der Waals surface area contributed by atoms with Gasteiger partial charge in [-0.2, -0.15) is 0 Å². The minimum atomic E-state index is -0.873. The molecular formula is C20H26N2O6. The third kappa shape index (κ3) is 4.55. The number of piperidine rings is 1. The minimum absolute atomic E-state index is 0.120. The smallest absolute Gasteiger partial charge is 0.326 e. The second-order valence-electron chi connectivity index (χ2n) is 6.97. The SMILES string of the molecule is CCC1CCCCN1C(=O)C(C)OC(=O)CNC(=O)c1ccc2c(c1)OCO2. The lowest BCUT2D eigenvalue weighted by molar-refractivity contribution is -0.160. The van der Waals surface area contributed by atoms with Crippen molar-refractivity contribution in [3.8, 4) is 11.5 Å². The number of rotatable bonds is 6. The Balaban J connectivity index is 1.48. The number of ether oxygens (including phenoxy) is 3. The summed E-state index contributed by atoms with van der Waals surface area (Å²) >= 11 is 0. The highest BCUT2D eigenvalue weighted by atomic mass is 16.7. The van der Waals surface area contributed by atoms with Gasteiger partial charge in [-0.25, -0.2) is 0 Å². The molecule has 2 aliphatic heterocycles. The first-order chi connectivity index (χ1) is 13.5. The Kier molecular flexibility index (Phi) is 6.38. The van der Waals surface area contributed by atoms with Crippen molar-refractivity contribution in [1.29, 1.82) is 0 Å². The van der Waals surface area contributed by atoms with Crippen molar-refractivity contribution >= 4 is 17.8 Å². The van der Waals surface area contributed by atoms with Crippen molar-refractivity contribution < 1.29 is 28.6 Å². The number of carbonyl (C=O) groups excluding carboxylic acids is 3. The fourth-order valence-corrected chi connectivity index (χ4v) is 3.53. The molecule has 2 aliphatic rings. The van der Waals surface area contributed by atoms with Gasteiger partial charge in [0.05, 0.1) is 0 Å². The van der Waals surface area contributed by atoms with Gasteiger partial charge in [-0.15, -0.1) is 0 Å². The van der Waals surface area contributed by atoms with Crippen LogP contribution in [0.15, 0.2) is 18.2 Å². The third-order valence-corrected chi connectivity index (χ3v) is 5.07. The summed E-state index contributed by atoms with van der Waals surface area (Å²) in [5, 5.41) is 2.50. The molecule has 8 nitrogen and oxygen atoms in total. The molecule has 0 aromatic heterocycles. The number of hydrogen-bond acceptors (Lipinski definition) is 6. The molecule has 1 aromatic carbocycles. The zero-order chi connectivity index (χ0) is 20.1. The summed E-state index contributed by atoms with van der Waals surface area (Å²) in [7, 11) is 0. The van der Waals surface area contributed by atoms with E-state index in [2.05, 4.69) is 12.2 Å². The maximum Gasteiger partial charge on any atom is 0.326 e. The molecule has 0 saturated carbocycles. The van der Waals surface area contributed by atoms with E-state index in [-0.39, 0.29) is 25.3 Å². The number of benzene rings is 1. The van der Waals surface area contributed by atoms with Gasteiger partial charge in [0.25, 0.3) is 11.8 Å². The number of carbonyl (C=O) groups is 3. The van der Waals surface area contributed by atoms with Gasteiger partial charge < -0.3 is 24.4 Å². The Labute approximate surface area is 164 Å². The molecule has 1 N–H and O–H groups in total. The van der Waals surface area contributed by atoms with E-state index >= 15 is 0 Å². The monoisotopic (exact) mass is 390 g/mol. The van der Waals surface area contributed by atoms with Crippen LogP contribution in [0.2, 0.25) is 0 Å². The van der Waals surface area contributed by atoms with Gasteiger partial charge in [0.15, 0.2) is 17.6 Å². The molecule has 0 spiro atoms. The quantitative estimate of drug-likeness (QED) is 0.746. The molecule has 2 atom stereocenters. The number of hydrogen-bond donors (Lipinski definition) is 1. The Bertz CT molecular complexity index is 750. The van der Waals surface area contributed by atoms with E-state index in [1.165, 1.54) is 0 Å². The fraction of sp³-hybridized carbons (Fsp3) is 0.550. The van der Waals surface area contributed by atoms with Crippen molar-refractivity contribution in [1.82, 2.24) is 10.2 Å². The summed E-state index contributed by atoms with van der Waals surface area (Å²) in [4.78, 5) is 38.7. The van der Waals surface area contributed by atoms with Crippen LogP contribution in [-0.4, -0.2) is 54.7 Å². The first kappa shape index (κ1) is 20.0. The van der Waals surface area contributed by atoms with E-state index in [9.17, 15) is 14.4 Å². The molecule has 152 valence electrons. The van der Waals surface area contributed by atoms with Gasteiger partial charge in [-0.05, 0) is 50.8 Å². The fourth-order valence-electron chi connectivity index (χ4n) is 3.53. The maximum absolute atomic E-state index is 12.6. The molecular weight excluding hydrogens is 364 g/mol. The summed E-state index contributed by atoms with van der Waals surface area (Å²) in [5.74, 6) is -0.203. The molecule has 0 radical (unpaired) electrons. The van der Waals surface area contributed by atoms with Crippen LogP contribution in [0.3, 0.4) is 0 Å². The third-order valence-electron chi connectivity index (χ3n) is 5.07. The second-order valence-corrected chi connectivity index (χ2v) is 6.97. The van der Waals surface area contributed by atoms with E-state index in [4.69, 9.17) is 14.2 Å². The molecule has 8 heteroatoms. The molecule has 0 bridgehead atoms. The molecule has 1 saturated heterocycles. The summed E-state index contributed by atoms with van der Waals surface area (Å²) in [6.45, 7) is 4.12. The molecule has 1 aromatic rings. The van der Waals surface area contributed by atoms with Crippen molar-refractivity contribution in [2.75, 3.05) is 19.9 Å². The van der Waals surface area contributed by atoms with Crippen LogP contribution in [0, 0.1) is 0 Å². The van der Waals surface area contributed by atoms with Gasteiger partial charge in [0.1, 0.15) is 6.54 Å². The predicted molar refractivity (Wildman–Crippen MR) is 100 cm³/mol.